The Hall–Kier alpha value is -1.38. The maximum Gasteiger partial charge on any atom is 0.262 e. The third kappa shape index (κ3) is 3.33. The van der Waals surface area contributed by atoms with Crippen LogP contribution in [-0.4, -0.2) is 23.7 Å². The van der Waals surface area contributed by atoms with E-state index in [1.807, 2.05) is 13.0 Å². The first-order valence-corrected chi connectivity index (χ1v) is 6.00. The van der Waals surface area contributed by atoms with Crippen LogP contribution in [0.15, 0.2) is 11.4 Å². The van der Waals surface area contributed by atoms with Crippen molar-refractivity contribution in [3.05, 3.63) is 21.9 Å². The first kappa shape index (κ1) is 12.7. The molecule has 1 rings (SSSR count). The van der Waals surface area contributed by atoms with E-state index < -0.39 is 0 Å². The third-order valence-corrected chi connectivity index (χ3v) is 3.14. The Kier molecular flexibility index (Phi) is 4.96. The monoisotopic (exact) mass is 238 g/mol. The molecule has 0 aromatic carbocycles. The number of amides is 1. The van der Waals surface area contributed by atoms with Crippen molar-refractivity contribution in [2.45, 2.75) is 25.9 Å². The van der Waals surface area contributed by atoms with Crippen LogP contribution in [0.25, 0.3) is 0 Å². The fourth-order valence-electron chi connectivity index (χ4n) is 1.21. The Balaban J connectivity index is 2.45. The Morgan fingerprint density at radius 2 is 2.50 bits per heavy atom. The van der Waals surface area contributed by atoms with Gasteiger partial charge in [-0.2, -0.15) is 5.26 Å². The number of aliphatic hydroxyl groups excluding tert-OH is 1. The van der Waals surface area contributed by atoms with Gasteiger partial charge in [-0.3, -0.25) is 4.79 Å². The van der Waals surface area contributed by atoms with Crippen LogP contribution in [0.2, 0.25) is 0 Å². The minimum Gasteiger partial charge on any atom is -0.393 e. The molecule has 2 N–H and O–H groups in total. The number of nitriles is 1. The standard InChI is InChI=1S/C11H14N2O2S/c1-2-9(14)3-5-13-11(15)10-8(7-12)4-6-16-10/h4,6,9,14H,2-3,5H2,1H3,(H,13,15). The van der Waals surface area contributed by atoms with Gasteiger partial charge >= 0.3 is 0 Å². The smallest absolute Gasteiger partial charge is 0.262 e. The molecule has 1 amide bonds. The number of hydrogen-bond donors (Lipinski definition) is 2. The topological polar surface area (TPSA) is 73.1 Å². The number of carbonyl (C=O) groups excluding carboxylic acids is 1. The average molecular weight is 238 g/mol. The van der Waals surface area contributed by atoms with E-state index in [1.165, 1.54) is 11.3 Å². The molecule has 0 aliphatic rings. The number of aliphatic hydroxyl groups is 1. The Bertz CT molecular complexity index is 395. The molecule has 16 heavy (non-hydrogen) atoms. The van der Waals surface area contributed by atoms with Crippen LogP contribution in [0.5, 0.6) is 0 Å². The number of carbonyl (C=O) groups is 1. The van der Waals surface area contributed by atoms with Gasteiger partial charge in [0.15, 0.2) is 0 Å². The maximum absolute atomic E-state index is 11.6. The van der Waals surface area contributed by atoms with E-state index in [-0.39, 0.29) is 12.0 Å². The molecule has 0 aliphatic heterocycles. The van der Waals surface area contributed by atoms with Gasteiger partial charge in [-0.25, -0.2) is 0 Å². The lowest BCUT2D eigenvalue weighted by molar-refractivity contribution is 0.0946. The van der Waals surface area contributed by atoms with Gasteiger partial charge in [0.05, 0.1) is 11.7 Å². The molecule has 0 radical (unpaired) electrons. The number of rotatable bonds is 5. The molecule has 5 heteroatoms. The molecule has 1 heterocycles. The van der Waals surface area contributed by atoms with Crippen molar-refractivity contribution in [3.8, 4) is 6.07 Å². The van der Waals surface area contributed by atoms with E-state index in [9.17, 15) is 9.90 Å². The average Bonchev–Trinajstić information content (AvgIpc) is 2.76. The zero-order valence-corrected chi connectivity index (χ0v) is 9.88. The summed E-state index contributed by atoms with van der Waals surface area (Å²) in [6, 6.07) is 3.59. The van der Waals surface area contributed by atoms with Crippen molar-refractivity contribution >= 4 is 17.2 Å². The first-order valence-electron chi connectivity index (χ1n) is 5.12. The predicted octanol–water partition coefficient (Wildman–Crippen LogP) is 1.51. The molecular formula is C11H14N2O2S. The van der Waals surface area contributed by atoms with Crippen LogP contribution in [0.3, 0.4) is 0 Å². The Morgan fingerprint density at radius 1 is 1.75 bits per heavy atom. The van der Waals surface area contributed by atoms with Crippen molar-refractivity contribution in [2.24, 2.45) is 0 Å². The fourth-order valence-corrected chi connectivity index (χ4v) is 1.97. The molecule has 0 saturated heterocycles. The molecule has 1 aromatic heterocycles. The van der Waals surface area contributed by atoms with Gasteiger partial charge in [0, 0.05) is 6.54 Å². The molecule has 86 valence electrons. The highest BCUT2D eigenvalue weighted by atomic mass is 32.1. The fraction of sp³-hybridized carbons (Fsp3) is 0.455. The van der Waals surface area contributed by atoms with E-state index in [1.54, 1.807) is 11.4 Å². The van der Waals surface area contributed by atoms with Crippen LogP contribution in [0.4, 0.5) is 0 Å². The molecule has 0 fully saturated rings. The predicted molar refractivity (Wildman–Crippen MR) is 62.3 cm³/mol. The summed E-state index contributed by atoms with van der Waals surface area (Å²) in [5, 5.41) is 22.4. The quantitative estimate of drug-likeness (QED) is 0.816. The summed E-state index contributed by atoms with van der Waals surface area (Å²) in [6.07, 6.45) is 0.840. The Morgan fingerprint density at radius 3 is 3.12 bits per heavy atom. The van der Waals surface area contributed by atoms with E-state index in [0.29, 0.717) is 29.8 Å². The van der Waals surface area contributed by atoms with Gasteiger partial charge in [-0.05, 0) is 24.3 Å². The SMILES string of the molecule is CCC(O)CCNC(=O)c1sccc1C#N. The largest absolute Gasteiger partial charge is 0.393 e. The lowest BCUT2D eigenvalue weighted by atomic mass is 10.2. The lowest BCUT2D eigenvalue weighted by Gasteiger charge is -2.08. The van der Waals surface area contributed by atoms with Crippen molar-refractivity contribution in [3.63, 3.8) is 0 Å². The second-order valence-corrected chi connectivity index (χ2v) is 4.30. The minimum absolute atomic E-state index is 0.241. The minimum atomic E-state index is -0.376. The van der Waals surface area contributed by atoms with Crippen molar-refractivity contribution in [2.75, 3.05) is 6.54 Å². The van der Waals surface area contributed by atoms with Crippen molar-refractivity contribution < 1.29 is 9.90 Å². The van der Waals surface area contributed by atoms with E-state index in [4.69, 9.17) is 5.26 Å². The van der Waals surface area contributed by atoms with Gasteiger partial charge in [0.2, 0.25) is 0 Å². The van der Waals surface area contributed by atoms with Gasteiger partial charge in [-0.1, -0.05) is 6.92 Å². The molecule has 0 aliphatic carbocycles. The number of nitrogens with one attached hydrogen (secondary N) is 1. The summed E-state index contributed by atoms with van der Waals surface area (Å²) in [6.45, 7) is 2.32. The molecule has 1 aromatic rings. The van der Waals surface area contributed by atoms with E-state index in [2.05, 4.69) is 5.32 Å². The molecular weight excluding hydrogens is 224 g/mol. The lowest BCUT2D eigenvalue weighted by Crippen LogP contribution is -2.26. The Labute approximate surface area is 98.5 Å². The molecule has 1 atom stereocenters. The van der Waals surface area contributed by atoms with Gasteiger partial charge in [0.1, 0.15) is 10.9 Å². The van der Waals surface area contributed by atoms with Gasteiger partial charge < -0.3 is 10.4 Å². The second kappa shape index (κ2) is 6.26. The van der Waals surface area contributed by atoms with E-state index in [0.717, 1.165) is 0 Å². The summed E-state index contributed by atoms with van der Waals surface area (Å²) in [5.41, 5.74) is 0.401. The van der Waals surface area contributed by atoms with Gasteiger partial charge in [-0.15, -0.1) is 11.3 Å². The highest BCUT2D eigenvalue weighted by molar-refractivity contribution is 7.12. The third-order valence-electron chi connectivity index (χ3n) is 2.23. The zero-order chi connectivity index (χ0) is 12.0. The van der Waals surface area contributed by atoms with Crippen LogP contribution >= 0.6 is 11.3 Å². The van der Waals surface area contributed by atoms with Crippen molar-refractivity contribution in [1.29, 1.82) is 5.26 Å². The summed E-state index contributed by atoms with van der Waals surface area (Å²) in [7, 11) is 0. The van der Waals surface area contributed by atoms with Crippen LogP contribution in [0, 0.1) is 11.3 Å². The molecule has 1 unspecified atom stereocenters. The molecule has 0 saturated carbocycles. The summed E-state index contributed by atoms with van der Waals surface area (Å²) < 4.78 is 0. The van der Waals surface area contributed by atoms with Crippen LogP contribution in [0.1, 0.15) is 35.0 Å². The van der Waals surface area contributed by atoms with Crippen LogP contribution < -0.4 is 5.32 Å². The first-order chi connectivity index (χ1) is 7.69. The molecule has 4 nitrogen and oxygen atoms in total. The van der Waals surface area contributed by atoms with E-state index >= 15 is 0 Å². The second-order valence-electron chi connectivity index (χ2n) is 3.38. The summed E-state index contributed by atoms with van der Waals surface area (Å²) in [5.74, 6) is -0.241. The normalized spacial score (nSPS) is 11.8. The van der Waals surface area contributed by atoms with Gasteiger partial charge in [0.25, 0.3) is 5.91 Å². The van der Waals surface area contributed by atoms with Crippen LogP contribution in [-0.2, 0) is 0 Å². The summed E-state index contributed by atoms with van der Waals surface area (Å²) in [4.78, 5) is 12.1. The summed E-state index contributed by atoms with van der Waals surface area (Å²) >= 11 is 1.25. The molecule has 0 bridgehead atoms. The number of thiophene rings is 1. The highest BCUT2D eigenvalue weighted by Crippen LogP contribution is 2.15. The zero-order valence-electron chi connectivity index (χ0n) is 9.06. The maximum atomic E-state index is 11.6. The van der Waals surface area contributed by atoms with Crippen molar-refractivity contribution in [1.82, 2.24) is 5.32 Å². The highest BCUT2D eigenvalue weighted by Gasteiger charge is 2.12. The number of nitrogens with zero attached hydrogens (tertiary/aromatic N) is 1. The molecule has 0 spiro atoms. The number of hydrogen-bond acceptors (Lipinski definition) is 4.